The van der Waals surface area contributed by atoms with E-state index in [4.69, 9.17) is 10.5 Å². The Morgan fingerprint density at radius 2 is 2.05 bits per heavy atom. The van der Waals surface area contributed by atoms with Crippen LogP contribution >= 0.6 is 0 Å². The van der Waals surface area contributed by atoms with Crippen LogP contribution < -0.4 is 15.8 Å². The van der Waals surface area contributed by atoms with E-state index in [2.05, 4.69) is 15.3 Å². The maximum absolute atomic E-state index is 11.2. The van der Waals surface area contributed by atoms with Crippen LogP contribution in [0.15, 0.2) is 42.5 Å². The summed E-state index contributed by atoms with van der Waals surface area (Å²) in [4.78, 5) is 18.7. The Morgan fingerprint density at radius 1 is 1.27 bits per heavy atom. The molecule has 3 aromatic rings. The molecule has 0 atom stereocenters. The molecular formula is C16H16N4O2. The number of H-pyrrole nitrogens is 1. The van der Waals surface area contributed by atoms with Crippen LogP contribution in [0.1, 0.15) is 15.9 Å². The van der Waals surface area contributed by atoms with Crippen molar-refractivity contribution in [2.75, 3.05) is 12.4 Å². The van der Waals surface area contributed by atoms with Gasteiger partial charge in [0.25, 0.3) is 0 Å². The van der Waals surface area contributed by atoms with Crippen molar-refractivity contribution >= 4 is 22.9 Å². The third-order valence-corrected chi connectivity index (χ3v) is 3.39. The van der Waals surface area contributed by atoms with E-state index in [0.717, 1.165) is 22.3 Å². The van der Waals surface area contributed by atoms with Gasteiger partial charge in [0.1, 0.15) is 5.75 Å². The number of nitrogens with two attached hydrogens (primary N) is 1. The third-order valence-electron chi connectivity index (χ3n) is 3.39. The number of aromatic amines is 1. The van der Waals surface area contributed by atoms with Gasteiger partial charge in [-0.05, 0) is 35.9 Å². The molecule has 1 amide bonds. The van der Waals surface area contributed by atoms with Crippen molar-refractivity contribution in [3.8, 4) is 5.75 Å². The largest absolute Gasteiger partial charge is 0.497 e. The summed E-state index contributed by atoms with van der Waals surface area (Å²) >= 11 is 0. The number of ether oxygens (including phenoxy) is 1. The molecule has 1 aromatic heterocycles. The van der Waals surface area contributed by atoms with Gasteiger partial charge in [0, 0.05) is 12.1 Å². The maximum atomic E-state index is 11.2. The minimum atomic E-state index is -0.454. The molecule has 1 heterocycles. The fraction of sp³-hybridized carbons (Fsp3) is 0.125. The summed E-state index contributed by atoms with van der Waals surface area (Å²) in [6.45, 7) is 0.631. The number of amides is 1. The predicted octanol–water partition coefficient (Wildman–Crippen LogP) is 2.28. The van der Waals surface area contributed by atoms with Gasteiger partial charge in [0.15, 0.2) is 0 Å². The zero-order valence-electron chi connectivity index (χ0n) is 12.1. The quantitative estimate of drug-likeness (QED) is 0.673. The number of hydrogen-bond acceptors (Lipinski definition) is 4. The Labute approximate surface area is 127 Å². The average molecular weight is 296 g/mol. The topological polar surface area (TPSA) is 93.0 Å². The number of carbonyl (C=O) groups is 1. The van der Waals surface area contributed by atoms with Crippen molar-refractivity contribution in [3.63, 3.8) is 0 Å². The van der Waals surface area contributed by atoms with Crippen LogP contribution in [0, 0.1) is 0 Å². The molecule has 2 aromatic carbocycles. The van der Waals surface area contributed by atoms with Gasteiger partial charge in [-0.25, -0.2) is 4.98 Å². The van der Waals surface area contributed by atoms with Gasteiger partial charge in [-0.3, -0.25) is 4.79 Å². The monoisotopic (exact) mass is 296 g/mol. The second-order valence-corrected chi connectivity index (χ2v) is 4.88. The number of benzene rings is 2. The van der Waals surface area contributed by atoms with Gasteiger partial charge in [-0.1, -0.05) is 12.1 Å². The number of aromatic nitrogens is 2. The molecule has 112 valence electrons. The summed E-state index contributed by atoms with van der Waals surface area (Å²) in [7, 11) is 1.64. The summed E-state index contributed by atoms with van der Waals surface area (Å²) in [5.41, 5.74) is 8.39. The lowest BCUT2D eigenvalue weighted by atomic mass is 10.2. The first-order valence-corrected chi connectivity index (χ1v) is 6.82. The molecule has 0 aliphatic rings. The molecule has 0 fully saturated rings. The van der Waals surface area contributed by atoms with E-state index in [9.17, 15) is 4.79 Å². The molecule has 0 spiro atoms. The number of methoxy groups -OCH3 is 1. The highest BCUT2D eigenvalue weighted by molar-refractivity contribution is 5.96. The number of imidazole rings is 1. The summed E-state index contributed by atoms with van der Waals surface area (Å²) < 4.78 is 5.13. The van der Waals surface area contributed by atoms with Crippen LogP contribution in [-0.2, 0) is 6.54 Å². The predicted molar refractivity (Wildman–Crippen MR) is 84.9 cm³/mol. The van der Waals surface area contributed by atoms with Gasteiger partial charge in [-0.15, -0.1) is 0 Å². The number of rotatable bonds is 5. The van der Waals surface area contributed by atoms with Gasteiger partial charge in [0.05, 0.1) is 18.1 Å². The number of nitrogens with one attached hydrogen (secondary N) is 2. The maximum Gasteiger partial charge on any atom is 0.248 e. The summed E-state index contributed by atoms with van der Waals surface area (Å²) in [5.74, 6) is 1.02. The van der Waals surface area contributed by atoms with Crippen molar-refractivity contribution in [2.24, 2.45) is 5.73 Å². The van der Waals surface area contributed by atoms with Crippen molar-refractivity contribution in [2.45, 2.75) is 6.54 Å². The molecule has 22 heavy (non-hydrogen) atoms. The van der Waals surface area contributed by atoms with Crippen LogP contribution in [0.3, 0.4) is 0 Å². The van der Waals surface area contributed by atoms with Crippen LogP contribution in [-0.4, -0.2) is 23.0 Å². The zero-order chi connectivity index (χ0) is 15.5. The summed E-state index contributed by atoms with van der Waals surface area (Å²) in [6.07, 6.45) is 0. The highest BCUT2D eigenvalue weighted by Crippen LogP contribution is 2.17. The van der Waals surface area contributed by atoms with E-state index < -0.39 is 5.91 Å². The number of hydrogen-bond donors (Lipinski definition) is 3. The third kappa shape index (κ3) is 2.85. The molecule has 3 rings (SSSR count). The molecular weight excluding hydrogens is 280 g/mol. The van der Waals surface area contributed by atoms with Crippen LogP contribution in [0.5, 0.6) is 5.75 Å². The molecule has 0 aliphatic heterocycles. The fourth-order valence-electron chi connectivity index (χ4n) is 2.18. The summed E-state index contributed by atoms with van der Waals surface area (Å²) in [6, 6.07) is 12.9. The van der Waals surface area contributed by atoms with Crippen molar-refractivity contribution in [1.29, 1.82) is 0 Å². The van der Waals surface area contributed by atoms with Crippen molar-refractivity contribution in [1.82, 2.24) is 9.97 Å². The first-order chi connectivity index (χ1) is 10.7. The Morgan fingerprint density at radius 3 is 2.73 bits per heavy atom. The normalized spacial score (nSPS) is 10.6. The molecule has 0 bridgehead atoms. The number of fused-ring (bicyclic) bond motifs is 1. The lowest BCUT2D eigenvalue weighted by Gasteiger charge is -2.04. The Kier molecular flexibility index (Phi) is 3.65. The highest BCUT2D eigenvalue weighted by atomic mass is 16.5. The number of primary amides is 1. The lowest BCUT2D eigenvalue weighted by Crippen LogP contribution is -2.10. The van der Waals surface area contributed by atoms with Crippen LogP contribution in [0.2, 0.25) is 0 Å². The van der Waals surface area contributed by atoms with E-state index >= 15 is 0 Å². The van der Waals surface area contributed by atoms with E-state index in [1.54, 1.807) is 25.3 Å². The smallest absolute Gasteiger partial charge is 0.248 e. The standard InChI is InChI=1S/C16H16N4O2/c1-22-12-5-2-10(3-6-12)9-18-16-19-13-7-4-11(15(17)21)8-14(13)20-16/h2-8H,9H2,1H3,(H2,17,21)(H2,18,19,20). The first-order valence-electron chi connectivity index (χ1n) is 6.82. The second kappa shape index (κ2) is 5.77. The molecule has 0 saturated heterocycles. The molecule has 4 N–H and O–H groups in total. The summed E-state index contributed by atoms with van der Waals surface area (Å²) in [5, 5.41) is 3.21. The van der Waals surface area contributed by atoms with Crippen molar-refractivity contribution < 1.29 is 9.53 Å². The van der Waals surface area contributed by atoms with Gasteiger partial charge in [0.2, 0.25) is 11.9 Å². The highest BCUT2D eigenvalue weighted by Gasteiger charge is 2.06. The molecule has 0 unspecified atom stereocenters. The van der Waals surface area contributed by atoms with Gasteiger partial charge in [-0.2, -0.15) is 0 Å². The van der Waals surface area contributed by atoms with E-state index in [-0.39, 0.29) is 0 Å². The Bertz CT molecular complexity index is 809. The molecule has 0 saturated carbocycles. The Hall–Kier alpha value is -3.02. The number of nitrogens with zero attached hydrogens (tertiary/aromatic N) is 1. The number of carbonyl (C=O) groups excluding carboxylic acids is 1. The minimum Gasteiger partial charge on any atom is -0.497 e. The van der Waals surface area contributed by atoms with Crippen LogP contribution in [0.4, 0.5) is 5.95 Å². The SMILES string of the molecule is COc1ccc(CNc2nc3ccc(C(N)=O)cc3[nH]2)cc1. The van der Waals surface area contributed by atoms with E-state index in [1.807, 2.05) is 24.3 Å². The average Bonchev–Trinajstić information content (AvgIpc) is 2.95. The van der Waals surface area contributed by atoms with E-state index in [0.29, 0.717) is 18.1 Å². The van der Waals surface area contributed by atoms with Gasteiger partial charge >= 0.3 is 0 Å². The first kappa shape index (κ1) is 13.9. The van der Waals surface area contributed by atoms with E-state index in [1.165, 1.54) is 0 Å². The Balaban J connectivity index is 1.74. The van der Waals surface area contributed by atoms with Crippen LogP contribution in [0.25, 0.3) is 11.0 Å². The number of anilines is 1. The zero-order valence-corrected chi connectivity index (χ0v) is 12.1. The van der Waals surface area contributed by atoms with Crippen molar-refractivity contribution in [3.05, 3.63) is 53.6 Å². The minimum absolute atomic E-state index is 0.454. The molecule has 6 heteroatoms. The fourth-order valence-corrected chi connectivity index (χ4v) is 2.18. The second-order valence-electron chi connectivity index (χ2n) is 4.88. The molecule has 6 nitrogen and oxygen atoms in total. The lowest BCUT2D eigenvalue weighted by molar-refractivity contribution is 0.100. The molecule has 0 radical (unpaired) electrons. The van der Waals surface area contributed by atoms with Gasteiger partial charge < -0.3 is 20.8 Å². The molecule has 0 aliphatic carbocycles.